The number of aromatic carboxylic acids is 1. The van der Waals surface area contributed by atoms with E-state index in [2.05, 4.69) is 15.9 Å². The van der Waals surface area contributed by atoms with Crippen LogP contribution < -0.4 is 4.74 Å². The van der Waals surface area contributed by atoms with Gasteiger partial charge in [-0.3, -0.25) is 4.21 Å². The van der Waals surface area contributed by atoms with Crippen molar-refractivity contribution in [2.75, 3.05) is 12.4 Å². The van der Waals surface area contributed by atoms with Crippen LogP contribution >= 0.6 is 15.9 Å². The number of rotatable bonds is 6. The molecule has 4 nitrogen and oxygen atoms in total. The number of hydrogen-bond donors (Lipinski definition) is 1. The van der Waals surface area contributed by atoms with E-state index >= 15 is 0 Å². The molecule has 0 saturated heterocycles. The zero-order valence-electron chi connectivity index (χ0n) is 11.0. The molecule has 110 valence electrons. The molecule has 0 amide bonds. The first-order valence-electron chi connectivity index (χ1n) is 6.17. The van der Waals surface area contributed by atoms with Gasteiger partial charge in [-0.15, -0.1) is 0 Å². The van der Waals surface area contributed by atoms with Crippen molar-refractivity contribution < 1.29 is 18.8 Å². The van der Waals surface area contributed by atoms with Crippen molar-refractivity contribution in [2.24, 2.45) is 0 Å². The topological polar surface area (TPSA) is 63.6 Å². The molecular formula is C15H13BrO4S. The first kappa shape index (κ1) is 15.7. The van der Waals surface area contributed by atoms with E-state index in [1.54, 1.807) is 24.3 Å². The van der Waals surface area contributed by atoms with Gasteiger partial charge >= 0.3 is 5.97 Å². The lowest BCUT2D eigenvalue weighted by Crippen LogP contribution is -2.12. The molecule has 6 heteroatoms. The van der Waals surface area contributed by atoms with E-state index in [4.69, 9.17) is 9.84 Å². The van der Waals surface area contributed by atoms with Crippen molar-refractivity contribution >= 4 is 32.7 Å². The minimum atomic E-state index is -1.41. The van der Waals surface area contributed by atoms with Gasteiger partial charge in [0, 0.05) is 4.47 Å². The molecule has 0 aliphatic heterocycles. The molecular weight excluding hydrogens is 356 g/mol. The Morgan fingerprint density at radius 3 is 2.67 bits per heavy atom. The van der Waals surface area contributed by atoms with Crippen LogP contribution in [0.4, 0.5) is 0 Å². The molecule has 21 heavy (non-hydrogen) atoms. The third-order valence-electron chi connectivity index (χ3n) is 2.70. The average molecular weight is 369 g/mol. The normalized spacial score (nSPS) is 11.9. The molecule has 1 N–H and O–H groups in total. The van der Waals surface area contributed by atoms with Crippen molar-refractivity contribution in [1.29, 1.82) is 0 Å². The molecule has 2 rings (SSSR count). The van der Waals surface area contributed by atoms with E-state index in [0.29, 0.717) is 10.6 Å². The molecule has 0 aliphatic rings. The molecule has 0 heterocycles. The van der Waals surface area contributed by atoms with Gasteiger partial charge in [0.2, 0.25) is 0 Å². The molecule has 2 aromatic carbocycles. The summed E-state index contributed by atoms with van der Waals surface area (Å²) in [4.78, 5) is 11.4. The zero-order chi connectivity index (χ0) is 15.2. The largest absolute Gasteiger partial charge is 0.493 e. The maximum absolute atomic E-state index is 12.2. The van der Waals surface area contributed by atoms with Crippen molar-refractivity contribution in [3.05, 3.63) is 58.6 Å². The summed E-state index contributed by atoms with van der Waals surface area (Å²) < 4.78 is 18.6. The van der Waals surface area contributed by atoms with Crippen LogP contribution in [0.2, 0.25) is 0 Å². The number of halogens is 1. The molecule has 0 fully saturated rings. The van der Waals surface area contributed by atoms with Gasteiger partial charge in [0.1, 0.15) is 12.4 Å². The second kappa shape index (κ2) is 7.38. The van der Waals surface area contributed by atoms with Crippen LogP contribution in [0.5, 0.6) is 5.75 Å². The highest BCUT2D eigenvalue weighted by molar-refractivity contribution is 9.10. The Labute approximate surface area is 133 Å². The van der Waals surface area contributed by atoms with Crippen LogP contribution in [0.25, 0.3) is 0 Å². The van der Waals surface area contributed by atoms with Gasteiger partial charge in [-0.1, -0.05) is 34.1 Å². The molecule has 0 spiro atoms. The fourth-order valence-electron chi connectivity index (χ4n) is 1.74. The van der Waals surface area contributed by atoms with E-state index in [-0.39, 0.29) is 17.9 Å². The maximum Gasteiger partial charge on any atom is 0.336 e. The van der Waals surface area contributed by atoms with E-state index < -0.39 is 16.8 Å². The van der Waals surface area contributed by atoms with Crippen LogP contribution in [0.15, 0.2) is 57.9 Å². The molecule has 1 atom stereocenters. The Bertz CT molecular complexity index is 672. The Kier molecular flexibility index (Phi) is 5.52. The van der Waals surface area contributed by atoms with Gasteiger partial charge in [0.15, 0.2) is 0 Å². The number of ether oxygens (including phenoxy) is 1. The van der Waals surface area contributed by atoms with Crippen molar-refractivity contribution in [3.8, 4) is 5.75 Å². The van der Waals surface area contributed by atoms with Crippen LogP contribution in [-0.4, -0.2) is 27.6 Å². The number of carboxylic acids is 1. The molecule has 0 radical (unpaired) electrons. The van der Waals surface area contributed by atoms with Crippen molar-refractivity contribution in [1.82, 2.24) is 0 Å². The highest BCUT2D eigenvalue weighted by Gasteiger charge is 2.14. The Hall–Kier alpha value is -1.66. The van der Waals surface area contributed by atoms with Crippen molar-refractivity contribution in [3.63, 3.8) is 0 Å². The van der Waals surface area contributed by atoms with E-state index in [1.165, 1.54) is 6.07 Å². The summed E-state index contributed by atoms with van der Waals surface area (Å²) in [7, 11) is -1.41. The zero-order valence-corrected chi connectivity index (χ0v) is 13.4. The summed E-state index contributed by atoms with van der Waals surface area (Å²) in [6.45, 7) is 0.247. The van der Waals surface area contributed by atoms with Gasteiger partial charge in [-0.25, -0.2) is 4.79 Å². The lowest BCUT2D eigenvalue weighted by molar-refractivity contribution is 0.0693. The smallest absolute Gasteiger partial charge is 0.336 e. The minimum absolute atomic E-state index is 0.0679. The van der Waals surface area contributed by atoms with Crippen LogP contribution in [0.1, 0.15) is 10.4 Å². The van der Waals surface area contributed by atoms with Gasteiger partial charge in [-0.2, -0.15) is 0 Å². The van der Waals surface area contributed by atoms with Crippen molar-refractivity contribution in [2.45, 2.75) is 4.90 Å². The average Bonchev–Trinajstić information content (AvgIpc) is 2.47. The van der Waals surface area contributed by atoms with Crippen LogP contribution in [0.3, 0.4) is 0 Å². The molecule has 0 aliphatic carbocycles. The standard InChI is InChI=1S/C15H13BrO4S/c16-11-4-3-5-12(10-11)20-8-9-21(19)14-7-2-1-6-13(14)15(17)18/h1-7,10H,8-9H2,(H,17,18). The molecule has 0 aromatic heterocycles. The molecule has 0 bridgehead atoms. The first-order chi connectivity index (χ1) is 10.1. The van der Waals surface area contributed by atoms with Crippen LogP contribution in [0, 0.1) is 0 Å². The third kappa shape index (κ3) is 4.41. The Morgan fingerprint density at radius 1 is 1.19 bits per heavy atom. The molecule has 0 saturated carbocycles. The van der Waals surface area contributed by atoms with Gasteiger partial charge in [-0.05, 0) is 30.3 Å². The first-order valence-corrected chi connectivity index (χ1v) is 8.28. The summed E-state index contributed by atoms with van der Waals surface area (Å²) in [6.07, 6.45) is 0. The quantitative estimate of drug-likeness (QED) is 0.849. The van der Waals surface area contributed by atoms with E-state index in [1.807, 2.05) is 18.2 Å². The number of hydrogen-bond acceptors (Lipinski definition) is 3. The predicted molar refractivity (Wildman–Crippen MR) is 84.3 cm³/mol. The van der Waals surface area contributed by atoms with Gasteiger partial charge in [0.25, 0.3) is 0 Å². The maximum atomic E-state index is 12.2. The number of benzene rings is 2. The SMILES string of the molecule is O=C(O)c1ccccc1S(=O)CCOc1cccc(Br)c1. The minimum Gasteiger partial charge on any atom is -0.493 e. The summed E-state index contributed by atoms with van der Waals surface area (Å²) in [5.41, 5.74) is 0.0679. The van der Waals surface area contributed by atoms with Crippen LogP contribution in [-0.2, 0) is 10.8 Å². The molecule has 1 unspecified atom stereocenters. The Morgan fingerprint density at radius 2 is 1.95 bits per heavy atom. The summed E-state index contributed by atoms with van der Waals surface area (Å²) in [5, 5.41) is 9.08. The van der Waals surface area contributed by atoms with E-state index in [0.717, 1.165) is 4.47 Å². The summed E-state index contributed by atoms with van der Waals surface area (Å²) >= 11 is 3.34. The predicted octanol–water partition coefficient (Wildman–Crippen LogP) is 3.33. The summed E-state index contributed by atoms with van der Waals surface area (Å²) in [5.74, 6) is -0.170. The number of carboxylic acid groups (broad SMARTS) is 1. The fraction of sp³-hybridized carbons (Fsp3) is 0.133. The lowest BCUT2D eigenvalue weighted by Gasteiger charge is -2.08. The fourth-order valence-corrected chi connectivity index (χ4v) is 3.21. The van der Waals surface area contributed by atoms with E-state index in [9.17, 15) is 9.00 Å². The second-order valence-corrected chi connectivity index (χ2v) is 6.61. The number of carbonyl (C=O) groups is 1. The third-order valence-corrected chi connectivity index (χ3v) is 4.57. The Balaban J connectivity index is 1.98. The lowest BCUT2D eigenvalue weighted by atomic mass is 10.2. The van der Waals surface area contributed by atoms with Gasteiger partial charge < -0.3 is 9.84 Å². The highest BCUT2D eigenvalue weighted by Crippen LogP contribution is 2.18. The molecule has 2 aromatic rings. The van der Waals surface area contributed by atoms with Gasteiger partial charge in [0.05, 0.1) is 27.0 Å². The second-order valence-electron chi connectivity index (χ2n) is 4.16. The monoisotopic (exact) mass is 368 g/mol. The highest BCUT2D eigenvalue weighted by atomic mass is 79.9. The summed E-state index contributed by atoms with van der Waals surface area (Å²) in [6, 6.07) is 13.7.